The van der Waals surface area contributed by atoms with E-state index >= 15 is 0 Å². The molecule has 234 valence electrons. The van der Waals surface area contributed by atoms with Crippen LogP contribution in [-0.4, -0.2) is 9.97 Å². The Bertz CT molecular complexity index is 2260. The number of hydrogen-bond donors (Lipinski definition) is 0. The smallest absolute Gasteiger partial charge is 0.207 e. The van der Waals surface area contributed by atoms with Crippen LogP contribution in [0.1, 0.15) is 0 Å². The van der Waals surface area contributed by atoms with E-state index in [2.05, 4.69) is 129 Å². The lowest BCUT2D eigenvalue weighted by Crippen LogP contribution is -2.10. The molecule has 0 atom stereocenters. The molecule has 0 radical (unpaired) electrons. The van der Waals surface area contributed by atoms with Gasteiger partial charge < -0.3 is 4.42 Å². The van der Waals surface area contributed by atoms with Crippen LogP contribution in [0.3, 0.4) is 0 Å². The summed E-state index contributed by atoms with van der Waals surface area (Å²) in [7, 11) is 0. The van der Waals surface area contributed by atoms with Crippen LogP contribution in [0, 0.1) is 0 Å². The predicted octanol–water partition coefficient (Wildman–Crippen LogP) is 12.8. The number of anilines is 6. The molecule has 0 spiro atoms. The minimum atomic E-state index is 0.691. The Labute approximate surface area is 291 Å². The number of fused-ring (bicyclic) bond motifs is 2. The van der Waals surface area contributed by atoms with Gasteiger partial charge in [0.05, 0.1) is 11.4 Å². The molecule has 0 unspecified atom stereocenters. The van der Waals surface area contributed by atoms with Crippen LogP contribution in [0.15, 0.2) is 175 Å². The van der Waals surface area contributed by atoms with Crippen LogP contribution >= 0.6 is 22.7 Å². The van der Waals surface area contributed by atoms with Gasteiger partial charge >= 0.3 is 0 Å². The van der Waals surface area contributed by atoms with E-state index in [9.17, 15) is 0 Å². The number of thiophene rings is 2. The summed E-state index contributed by atoms with van der Waals surface area (Å²) in [5.41, 5.74) is 6.24. The Morgan fingerprint density at radius 1 is 0.408 bits per heavy atom. The van der Waals surface area contributed by atoms with Crippen LogP contribution in [-0.2, 0) is 0 Å². The molecule has 5 aromatic heterocycles. The highest BCUT2D eigenvalue weighted by molar-refractivity contribution is 7.22. The van der Waals surface area contributed by atoms with Gasteiger partial charge in [-0.3, -0.25) is 19.8 Å². The first-order valence-corrected chi connectivity index (χ1v) is 17.6. The van der Waals surface area contributed by atoms with Crippen molar-refractivity contribution in [3.8, 4) is 20.9 Å². The van der Waals surface area contributed by atoms with Crippen molar-refractivity contribution in [2.45, 2.75) is 0 Å². The third kappa shape index (κ3) is 5.65. The highest BCUT2D eigenvalue weighted by Crippen LogP contribution is 2.43. The molecule has 0 bridgehead atoms. The highest BCUT2D eigenvalue weighted by Gasteiger charge is 2.21. The zero-order chi connectivity index (χ0) is 32.6. The quantitative estimate of drug-likeness (QED) is 0.161. The van der Waals surface area contributed by atoms with Crippen molar-refractivity contribution in [3.63, 3.8) is 0 Å². The third-order valence-electron chi connectivity index (χ3n) is 8.53. The molecule has 9 aromatic rings. The van der Waals surface area contributed by atoms with Crippen molar-refractivity contribution >= 4 is 77.4 Å². The second kappa shape index (κ2) is 12.5. The standard InChI is InChI=1S/C42H28N4OS2/c1-3-7-37-31(5-1)27-39(48-37)29-9-13-33(14-10-29)45(35-19-23-43-24-20-35)41-17-18-42(47-41)46(36-21-25-44-26-22-36)34-15-11-30(12-16-34)40-28-32-6-2-4-8-38(32)49-40/h1-28H. The van der Waals surface area contributed by atoms with Crippen LogP contribution in [0.5, 0.6) is 0 Å². The molecule has 0 N–H and O–H groups in total. The van der Waals surface area contributed by atoms with Crippen LogP contribution in [0.4, 0.5) is 34.5 Å². The summed E-state index contributed by atoms with van der Waals surface area (Å²) >= 11 is 3.62. The Balaban J connectivity index is 1.08. The molecule has 0 saturated heterocycles. The van der Waals surface area contributed by atoms with Crippen molar-refractivity contribution in [1.82, 2.24) is 9.97 Å². The average Bonchev–Trinajstić information content (AvgIpc) is 3.93. The van der Waals surface area contributed by atoms with Gasteiger partial charge in [0.1, 0.15) is 0 Å². The number of rotatable bonds is 8. The maximum Gasteiger partial charge on any atom is 0.207 e. The Kier molecular flexibility index (Phi) is 7.46. The average molecular weight is 669 g/mol. The second-order valence-electron chi connectivity index (χ2n) is 11.6. The molecule has 0 amide bonds. The maximum absolute atomic E-state index is 6.75. The lowest BCUT2D eigenvalue weighted by atomic mass is 10.1. The predicted molar refractivity (Wildman–Crippen MR) is 205 cm³/mol. The maximum atomic E-state index is 6.75. The van der Waals surface area contributed by atoms with E-state index in [1.807, 2.05) is 59.1 Å². The number of benzene rings is 4. The minimum Gasteiger partial charge on any atom is -0.424 e. The molecule has 0 aliphatic heterocycles. The fourth-order valence-corrected chi connectivity index (χ4v) is 8.29. The van der Waals surface area contributed by atoms with Gasteiger partial charge in [-0.2, -0.15) is 0 Å². The van der Waals surface area contributed by atoms with Crippen molar-refractivity contribution in [1.29, 1.82) is 0 Å². The minimum absolute atomic E-state index is 0.691. The van der Waals surface area contributed by atoms with Crippen molar-refractivity contribution in [2.24, 2.45) is 0 Å². The molecular weight excluding hydrogens is 641 g/mol. The van der Waals surface area contributed by atoms with E-state index in [4.69, 9.17) is 4.42 Å². The van der Waals surface area contributed by atoms with Crippen molar-refractivity contribution < 1.29 is 4.42 Å². The van der Waals surface area contributed by atoms with Crippen molar-refractivity contribution in [2.75, 3.05) is 9.80 Å². The first-order valence-electron chi connectivity index (χ1n) is 16.0. The number of nitrogens with zero attached hydrogens (tertiary/aromatic N) is 4. The third-order valence-corrected chi connectivity index (χ3v) is 10.9. The van der Waals surface area contributed by atoms with Gasteiger partial charge in [-0.05, 0) is 94.7 Å². The van der Waals surface area contributed by atoms with Crippen LogP contribution < -0.4 is 9.80 Å². The molecule has 5 nitrogen and oxygen atoms in total. The molecule has 5 heterocycles. The molecule has 9 rings (SSSR count). The van der Waals surface area contributed by atoms with Gasteiger partial charge in [-0.1, -0.05) is 60.7 Å². The zero-order valence-corrected chi connectivity index (χ0v) is 27.8. The first kappa shape index (κ1) is 29.1. The Hall–Kier alpha value is -6.02. The summed E-state index contributed by atoms with van der Waals surface area (Å²) in [5.74, 6) is 1.38. The summed E-state index contributed by atoms with van der Waals surface area (Å²) in [4.78, 5) is 15.3. The summed E-state index contributed by atoms with van der Waals surface area (Å²) < 4.78 is 9.33. The van der Waals surface area contributed by atoms with E-state index in [0.717, 1.165) is 22.7 Å². The van der Waals surface area contributed by atoms with E-state index in [-0.39, 0.29) is 0 Å². The number of pyridine rings is 2. The Morgan fingerprint density at radius 2 is 0.796 bits per heavy atom. The van der Waals surface area contributed by atoms with Crippen LogP contribution in [0.2, 0.25) is 0 Å². The summed E-state index contributed by atoms with van der Waals surface area (Å²) in [6, 6.07) is 50.9. The first-order chi connectivity index (χ1) is 24.3. The van der Waals surface area contributed by atoms with Gasteiger partial charge in [0.15, 0.2) is 0 Å². The van der Waals surface area contributed by atoms with Gasteiger partial charge in [0.2, 0.25) is 11.8 Å². The molecule has 0 saturated carbocycles. The molecule has 49 heavy (non-hydrogen) atoms. The van der Waals surface area contributed by atoms with Gasteiger partial charge in [-0.15, -0.1) is 22.7 Å². The second-order valence-corrected chi connectivity index (χ2v) is 13.8. The van der Waals surface area contributed by atoms with Gasteiger partial charge in [0.25, 0.3) is 0 Å². The van der Waals surface area contributed by atoms with Gasteiger partial charge in [-0.25, -0.2) is 0 Å². The largest absolute Gasteiger partial charge is 0.424 e. The van der Waals surface area contributed by atoms with Crippen molar-refractivity contribution in [3.05, 3.63) is 170 Å². The Morgan fingerprint density at radius 3 is 1.20 bits per heavy atom. The molecule has 0 aliphatic rings. The summed E-state index contributed by atoms with van der Waals surface area (Å²) in [5, 5.41) is 2.53. The van der Waals surface area contributed by atoms with Crippen LogP contribution in [0.25, 0.3) is 41.1 Å². The molecular formula is C42H28N4OS2. The summed E-state index contributed by atoms with van der Waals surface area (Å²) in [6.45, 7) is 0. The molecule has 0 aliphatic carbocycles. The summed E-state index contributed by atoms with van der Waals surface area (Å²) in [6.07, 6.45) is 7.22. The zero-order valence-electron chi connectivity index (χ0n) is 26.2. The fraction of sp³-hybridized carbons (Fsp3) is 0. The molecule has 7 heteroatoms. The van der Waals surface area contributed by atoms with Gasteiger partial charge in [0, 0.05) is 67.4 Å². The lowest BCUT2D eigenvalue weighted by molar-refractivity contribution is 0.580. The number of aromatic nitrogens is 2. The van der Waals surface area contributed by atoms with E-state index < -0.39 is 0 Å². The SMILES string of the molecule is c1ccc2sc(-c3ccc(N(c4ccncc4)c4ccc(N(c5ccncc5)c5ccc(-c6cc7ccccc7s6)cc5)o4)cc3)cc2c1. The fourth-order valence-electron chi connectivity index (χ4n) is 6.15. The van der Waals surface area contributed by atoms with E-state index in [0.29, 0.717) is 11.8 Å². The van der Waals surface area contributed by atoms with E-state index in [1.165, 1.54) is 41.1 Å². The highest BCUT2D eigenvalue weighted by atomic mass is 32.1. The topological polar surface area (TPSA) is 45.4 Å². The lowest BCUT2D eigenvalue weighted by Gasteiger charge is -2.24. The normalized spacial score (nSPS) is 11.3. The van der Waals surface area contributed by atoms with E-state index in [1.54, 1.807) is 24.8 Å². The number of furan rings is 1. The number of hydrogen-bond acceptors (Lipinski definition) is 7. The molecule has 0 fully saturated rings. The monoisotopic (exact) mass is 668 g/mol. The molecule has 4 aromatic carbocycles.